The number of hydrogen-bond donors (Lipinski definition) is 1. The van der Waals surface area contributed by atoms with Gasteiger partial charge in [-0.25, -0.2) is 4.39 Å². The van der Waals surface area contributed by atoms with Crippen LogP contribution in [0.3, 0.4) is 0 Å². The van der Waals surface area contributed by atoms with E-state index in [9.17, 15) is 4.39 Å². The second kappa shape index (κ2) is 7.23. The zero-order chi connectivity index (χ0) is 15.5. The molecule has 1 atom stereocenters. The van der Waals surface area contributed by atoms with Gasteiger partial charge in [-0.2, -0.15) is 0 Å². The van der Waals surface area contributed by atoms with Gasteiger partial charge in [0.25, 0.3) is 0 Å². The van der Waals surface area contributed by atoms with Gasteiger partial charge in [0.2, 0.25) is 0 Å². The second-order valence-corrected chi connectivity index (χ2v) is 7.66. The first-order valence-electron chi connectivity index (χ1n) is 8.17. The molecule has 0 spiro atoms. The Morgan fingerprint density at radius 2 is 1.95 bits per heavy atom. The van der Waals surface area contributed by atoms with Crippen molar-refractivity contribution < 1.29 is 4.39 Å². The van der Waals surface area contributed by atoms with Crippen molar-refractivity contribution >= 4 is 15.9 Å². The fraction of sp³-hybridized carbons (Fsp3) is 0.667. The number of hydrogen-bond acceptors (Lipinski definition) is 1. The molecule has 0 saturated heterocycles. The van der Waals surface area contributed by atoms with Crippen molar-refractivity contribution in [2.75, 3.05) is 6.54 Å². The van der Waals surface area contributed by atoms with E-state index in [1.807, 2.05) is 12.1 Å². The fourth-order valence-electron chi connectivity index (χ4n) is 4.11. The van der Waals surface area contributed by atoms with E-state index in [0.29, 0.717) is 10.4 Å². The monoisotopic (exact) mass is 355 g/mol. The summed E-state index contributed by atoms with van der Waals surface area (Å²) < 4.78 is 15.2. The predicted octanol–water partition coefficient (Wildman–Crippen LogP) is 5.85. The maximum Gasteiger partial charge on any atom is 0.142 e. The van der Waals surface area contributed by atoms with Crippen LogP contribution < -0.4 is 5.32 Å². The Morgan fingerprint density at radius 1 is 1.29 bits per heavy atom. The Morgan fingerprint density at radius 3 is 2.52 bits per heavy atom. The van der Waals surface area contributed by atoms with Crippen molar-refractivity contribution in [3.63, 3.8) is 0 Å². The molecule has 2 rings (SSSR count). The van der Waals surface area contributed by atoms with E-state index >= 15 is 0 Å². The number of halogens is 2. The van der Waals surface area contributed by atoms with Crippen LogP contribution in [0.1, 0.15) is 64.5 Å². The summed E-state index contributed by atoms with van der Waals surface area (Å²) >= 11 is 3.34. The molecule has 0 aromatic heterocycles. The summed E-state index contributed by atoms with van der Waals surface area (Å²) in [4.78, 5) is 0. The lowest BCUT2D eigenvalue weighted by atomic mass is 9.70. The van der Waals surface area contributed by atoms with E-state index in [-0.39, 0.29) is 17.3 Å². The molecule has 3 heteroatoms. The third-order valence-corrected chi connectivity index (χ3v) is 5.34. The summed E-state index contributed by atoms with van der Waals surface area (Å²) in [6.07, 6.45) is 6.11. The molecule has 1 unspecified atom stereocenters. The van der Waals surface area contributed by atoms with Gasteiger partial charge in [0.05, 0.1) is 4.47 Å². The summed E-state index contributed by atoms with van der Waals surface area (Å²) in [7, 11) is 0. The Balaban J connectivity index is 2.42. The molecular weight excluding hydrogens is 329 g/mol. The van der Waals surface area contributed by atoms with E-state index in [1.54, 1.807) is 6.07 Å². The first-order chi connectivity index (χ1) is 10.00. The molecule has 0 heterocycles. The standard InChI is InChI=1S/C18H27BrFN/c1-4-21-17(14-8-7-9-15(19)16(14)20)18(12-13(2)3)10-5-6-11-18/h7-9,13,17,21H,4-6,10-12H2,1-3H3. The van der Waals surface area contributed by atoms with Gasteiger partial charge in [-0.1, -0.05) is 45.7 Å². The van der Waals surface area contributed by atoms with Gasteiger partial charge in [0, 0.05) is 11.6 Å². The van der Waals surface area contributed by atoms with Gasteiger partial charge in [0.15, 0.2) is 0 Å². The molecule has 0 amide bonds. The van der Waals surface area contributed by atoms with Crippen molar-refractivity contribution in [2.24, 2.45) is 11.3 Å². The molecule has 1 fully saturated rings. The minimum Gasteiger partial charge on any atom is -0.310 e. The Bertz CT molecular complexity index is 466. The van der Waals surface area contributed by atoms with Gasteiger partial charge in [-0.15, -0.1) is 0 Å². The van der Waals surface area contributed by atoms with Gasteiger partial charge in [0.1, 0.15) is 5.82 Å². The average molecular weight is 356 g/mol. The van der Waals surface area contributed by atoms with Crippen LogP contribution >= 0.6 is 15.9 Å². The zero-order valence-corrected chi connectivity index (χ0v) is 15.0. The van der Waals surface area contributed by atoms with Crippen LogP contribution in [0.5, 0.6) is 0 Å². The van der Waals surface area contributed by atoms with Crippen LogP contribution in [0, 0.1) is 17.2 Å². The van der Waals surface area contributed by atoms with E-state index < -0.39 is 0 Å². The van der Waals surface area contributed by atoms with E-state index in [2.05, 4.69) is 42.0 Å². The minimum absolute atomic E-state index is 0.0986. The highest BCUT2D eigenvalue weighted by Crippen LogP contribution is 2.52. The molecule has 1 aliphatic carbocycles. The predicted molar refractivity (Wildman–Crippen MR) is 90.9 cm³/mol. The molecule has 1 N–H and O–H groups in total. The SMILES string of the molecule is CCNC(c1cccc(Br)c1F)C1(CC(C)C)CCCC1. The summed E-state index contributed by atoms with van der Waals surface area (Å²) in [5, 5.41) is 3.59. The van der Waals surface area contributed by atoms with Crippen molar-refractivity contribution in [1.82, 2.24) is 5.32 Å². The van der Waals surface area contributed by atoms with Gasteiger partial charge >= 0.3 is 0 Å². The quantitative estimate of drug-likeness (QED) is 0.675. The Labute approximate surface area is 136 Å². The Hall–Kier alpha value is -0.410. The molecule has 118 valence electrons. The van der Waals surface area contributed by atoms with Crippen molar-refractivity contribution in [3.8, 4) is 0 Å². The topological polar surface area (TPSA) is 12.0 Å². The third-order valence-electron chi connectivity index (χ3n) is 4.73. The van der Waals surface area contributed by atoms with E-state index in [1.165, 1.54) is 25.7 Å². The van der Waals surface area contributed by atoms with E-state index in [0.717, 1.165) is 18.5 Å². The number of nitrogens with one attached hydrogen (secondary N) is 1. The maximum atomic E-state index is 14.6. The molecule has 1 aromatic carbocycles. The lowest BCUT2D eigenvalue weighted by molar-refractivity contribution is 0.154. The number of benzene rings is 1. The molecule has 1 aliphatic rings. The highest BCUT2D eigenvalue weighted by molar-refractivity contribution is 9.10. The third kappa shape index (κ3) is 3.68. The van der Waals surface area contributed by atoms with Crippen LogP contribution in [0.2, 0.25) is 0 Å². The highest BCUT2D eigenvalue weighted by atomic mass is 79.9. The van der Waals surface area contributed by atoms with Gasteiger partial charge in [-0.05, 0) is 59.1 Å². The first-order valence-corrected chi connectivity index (χ1v) is 8.97. The fourth-order valence-corrected chi connectivity index (χ4v) is 4.49. The number of rotatable bonds is 6. The van der Waals surface area contributed by atoms with Crippen LogP contribution in [-0.2, 0) is 0 Å². The summed E-state index contributed by atoms with van der Waals surface area (Å²) in [6, 6.07) is 5.80. The lowest BCUT2D eigenvalue weighted by Gasteiger charge is -2.40. The normalized spacial score (nSPS) is 19.1. The average Bonchev–Trinajstić information content (AvgIpc) is 2.88. The van der Waals surface area contributed by atoms with Gasteiger partial charge in [-0.3, -0.25) is 0 Å². The zero-order valence-electron chi connectivity index (χ0n) is 13.4. The molecule has 21 heavy (non-hydrogen) atoms. The van der Waals surface area contributed by atoms with Crippen molar-refractivity contribution in [3.05, 3.63) is 34.1 Å². The first kappa shape index (κ1) is 17.0. The molecule has 0 radical (unpaired) electrons. The van der Waals surface area contributed by atoms with Crippen LogP contribution in [-0.4, -0.2) is 6.54 Å². The molecule has 0 aliphatic heterocycles. The summed E-state index contributed by atoms with van der Waals surface area (Å²) in [5.41, 5.74) is 1.03. The van der Waals surface area contributed by atoms with Crippen LogP contribution in [0.15, 0.2) is 22.7 Å². The minimum atomic E-state index is -0.0986. The second-order valence-electron chi connectivity index (χ2n) is 6.80. The maximum absolute atomic E-state index is 14.6. The van der Waals surface area contributed by atoms with Gasteiger partial charge < -0.3 is 5.32 Å². The summed E-state index contributed by atoms with van der Waals surface area (Å²) in [5.74, 6) is 0.540. The van der Waals surface area contributed by atoms with Crippen molar-refractivity contribution in [1.29, 1.82) is 0 Å². The van der Waals surface area contributed by atoms with Crippen LogP contribution in [0.4, 0.5) is 4.39 Å². The smallest absolute Gasteiger partial charge is 0.142 e. The molecule has 1 aromatic rings. The highest BCUT2D eigenvalue weighted by Gasteiger charge is 2.42. The van der Waals surface area contributed by atoms with Crippen LogP contribution in [0.25, 0.3) is 0 Å². The largest absolute Gasteiger partial charge is 0.310 e. The van der Waals surface area contributed by atoms with E-state index in [4.69, 9.17) is 0 Å². The molecule has 0 bridgehead atoms. The molecule has 1 saturated carbocycles. The lowest BCUT2D eigenvalue weighted by Crippen LogP contribution is -2.38. The molecule has 1 nitrogen and oxygen atoms in total. The summed E-state index contributed by atoms with van der Waals surface area (Å²) in [6.45, 7) is 7.54. The molecular formula is C18H27BrFN. The van der Waals surface area contributed by atoms with Crippen molar-refractivity contribution in [2.45, 2.75) is 58.9 Å². The Kier molecular flexibility index (Phi) is 5.84.